The van der Waals surface area contributed by atoms with Crippen LogP contribution in [0.25, 0.3) is 0 Å². The van der Waals surface area contributed by atoms with Crippen LogP contribution >= 0.6 is 0 Å². The maximum absolute atomic E-state index is 15.1. The van der Waals surface area contributed by atoms with Crippen LogP contribution in [0.1, 0.15) is 166 Å². The molecule has 1 aliphatic heterocycles. The van der Waals surface area contributed by atoms with Crippen molar-refractivity contribution in [1.82, 2.24) is 39.2 Å². The summed E-state index contributed by atoms with van der Waals surface area (Å²) in [6, 6.07) is 9.85. The zero-order valence-electron chi connectivity index (χ0n) is 53.0. The van der Waals surface area contributed by atoms with Crippen molar-refractivity contribution in [3.05, 3.63) is 107 Å². The van der Waals surface area contributed by atoms with E-state index in [0.717, 1.165) is 46.6 Å². The van der Waals surface area contributed by atoms with Gasteiger partial charge in [0.25, 0.3) is 23.6 Å². The Kier molecular flexibility index (Phi) is 22.6. The summed E-state index contributed by atoms with van der Waals surface area (Å²) in [5, 5.41) is 9.09. The third kappa shape index (κ3) is 17.9. The van der Waals surface area contributed by atoms with Gasteiger partial charge in [-0.1, -0.05) is 104 Å². The Morgan fingerprint density at radius 3 is 0.953 bits per heavy atom. The van der Waals surface area contributed by atoms with Gasteiger partial charge in [-0.05, 0) is 134 Å². The number of hydrogen-bond donors (Lipinski definition) is 0. The van der Waals surface area contributed by atoms with Crippen LogP contribution in [0.2, 0.25) is 0 Å². The zero-order chi connectivity index (χ0) is 62.8. The summed E-state index contributed by atoms with van der Waals surface area (Å²) in [5.41, 5.74) is 5.58. The normalized spacial score (nSPS) is 24.2. The Hall–Kier alpha value is -7.38. The standard InChI is InChI=1S/C66H92N8O12/c1-39(2)27-53-63(79)83-43(9)59(75)69(11)56(30-42(7)8)66(82)86-58(32-46-17-21-48(22-18-46)36-74-38-52(34-68-74)50-25-26-50)62(78)72(14)54(28-40(3)4)64(80)84-44(10)60(76)70(12)55(29-41(5)6)65(81)85-57(61(77)71(53)13)31-45-15-19-47(20-16-45)35-73-37-51(33-67-73)49-23-24-49/h15-22,33-34,37-44,49-50,53-58H,23-32,35-36H2,1-14H3/t43-,44-,53+,54+,55+,56+,57-,58-/m1/s1. The average Bonchev–Trinajstić information content (AvgIpc) is 4.62. The van der Waals surface area contributed by atoms with Crippen molar-refractivity contribution in [2.24, 2.45) is 23.7 Å². The Bertz CT molecular complexity index is 2780. The SMILES string of the molecule is CC(C)C[C@H]1C(=O)O[C@H](Cc2ccc(Cn3cc(C4CC4)cn3)cc2)C(=O)N(C)[C@@H](CC(C)C)C(=O)O[C@H](C)C(=O)N(C)[C@@H](CC(C)C)C(=O)O[C@H](Cc2ccc(Cn3cc(C4CC4)cn3)cc2)C(=O)N(C)[C@@H](CC(C)C)C(=O)O[C@H](C)C(=O)N1C. The van der Waals surface area contributed by atoms with E-state index in [-0.39, 0.29) is 62.2 Å². The number of esters is 4. The molecule has 2 aliphatic carbocycles. The average molecular weight is 1190 g/mol. The molecular formula is C66H92N8O12. The molecule has 4 aromatic rings. The molecule has 0 N–H and O–H groups in total. The van der Waals surface area contributed by atoms with Gasteiger partial charge in [-0.2, -0.15) is 10.2 Å². The van der Waals surface area contributed by atoms with Crippen molar-refractivity contribution in [3.8, 4) is 0 Å². The monoisotopic (exact) mass is 1190 g/mol. The second-order valence-corrected chi connectivity index (χ2v) is 25.9. The number of hydrogen-bond acceptors (Lipinski definition) is 14. The summed E-state index contributed by atoms with van der Waals surface area (Å²) in [5.74, 6) is -6.23. The van der Waals surface area contributed by atoms with Crippen LogP contribution in [0, 0.1) is 23.7 Å². The second-order valence-electron chi connectivity index (χ2n) is 25.9. The first kappa shape index (κ1) is 66.2. The number of rotatable bonds is 18. The van der Waals surface area contributed by atoms with Crippen molar-refractivity contribution < 1.29 is 57.3 Å². The Morgan fingerprint density at radius 1 is 0.407 bits per heavy atom. The highest BCUT2D eigenvalue weighted by Crippen LogP contribution is 2.40. The predicted molar refractivity (Wildman–Crippen MR) is 322 cm³/mol. The lowest BCUT2D eigenvalue weighted by Crippen LogP contribution is -2.55. The number of carbonyl (C=O) groups excluding carboxylic acids is 8. The quantitative estimate of drug-likeness (QED) is 0.0683. The summed E-state index contributed by atoms with van der Waals surface area (Å²) >= 11 is 0. The molecule has 468 valence electrons. The number of cyclic esters (lactones) is 4. The van der Waals surface area contributed by atoms with Crippen LogP contribution in [-0.4, -0.2) is 163 Å². The van der Waals surface area contributed by atoms with E-state index in [4.69, 9.17) is 18.9 Å². The third-order valence-electron chi connectivity index (χ3n) is 16.5. The van der Waals surface area contributed by atoms with Crippen molar-refractivity contribution in [3.63, 3.8) is 0 Å². The fourth-order valence-corrected chi connectivity index (χ4v) is 11.0. The van der Waals surface area contributed by atoms with Gasteiger partial charge in [0.2, 0.25) is 0 Å². The highest BCUT2D eigenvalue weighted by Gasteiger charge is 2.43. The van der Waals surface area contributed by atoms with Crippen molar-refractivity contribution in [2.45, 2.75) is 207 Å². The molecule has 2 aromatic carbocycles. The second kappa shape index (κ2) is 29.3. The fourth-order valence-electron chi connectivity index (χ4n) is 11.0. The van der Waals surface area contributed by atoms with Gasteiger partial charge in [0, 0.05) is 53.4 Å². The number of likely N-dealkylation sites (N-methyl/N-ethyl adjacent to an activating group) is 4. The first-order valence-corrected chi connectivity index (χ1v) is 30.8. The van der Waals surface area contributed by atoms with Gasteiger partial charge < -0.3 is 38.5 Å². The van der Waals surface area contributed by atoms with Gasteiger partial charge >= 0.3 is 23.9 Å². The van der Waals surface area contributed by atoms with Gasteiger partial charge in [-0.25, -0.2) is 19.2 Å². The fraction of sp³-hybridized carbons (Fsp3) is 0.606. The number of aromatic nitrogens is 4. The van der Waals surface area contributed by atoms with Crippen molar-refractivity contribution in [2.75, 3.05) is 28.2 Å². The Morgan fingerprint density at radius 2 is 0.674 bits per heavy atom. The lowest BCUT2D eigenvalue weighted by atomic mass is 9.99. The highest BCUT2D eigenvalue weighted by molar-refractivity contribution is 5.94. The van der Waals surface area contributed by atoms with E-state index in [2.05, 4.69) is 22.6 Å². The summed E-state index contributed by atoms with van der Waals surface area (Å²) in [4.78, 5) is 123. The lowest BCUT2D eigenvalue weighted by molar-refractivity contribution is -0.176. The minimum absolute atomic E-state index is 0.0887. The molecule has 3 aliphatic rings. The van der Waals surface area contributed by atoms with E-state index in [1.54, 1.807) is 0 Å². The van der Waals surface area contributed by atoms with Gasteiger partial charge in [0.05, 0.1) is 25.5 Å². The molecule has 20 heteroatoms. The van der Waals surface area contributed by atoms with Crippen molar-refractivity contribution >= 4 is 47.5 Å². The van der Waals surface area contributed by atoms with E-state index in [1.807, 2.05) is 126 Å². The number of ether oxygens (including phenoxy) is 4. The van der Waals surface area contributed by atoms with Crippen molar-refractivity contribution in [1.29, 1.82) is 0 Å². The molecule has 0 bridgehead atoms. The smallest absolute Gasteiger partial charge is 0.329 e. The molecule has 0 unspecified atom stereocenters. The van der Waals surface area contributed by atoms with E-state index in [1.165, 1.54) is 63.0 Å². The maximum atomic E-state index is 15.1. The number of nitrogens with zero attached hydrogens (tertiary/aromatic N) is 8. The first-order chi connectivity index (χ1) is 40.7. The summed E-state index contributed by atoms with van der Waals surface area (Å²) in [6.07, 6.45) is 6.62. The van der Waals surface area contributed by atoms with E-state index >= 15 is 9.59 Å². The van der Waals surface area contributed by atoms with Crippen LogP contribution < -0.4 is 0 Å². The zero-order valence-corrected chi connectivity index (χ0v) is 53.0. The van der Waals surface area contributed by atoms with Crippen LogP contribution in [0.3, 0.4) is 0 Å². The summed E-state index contributed by atoms with van der Waals surface area (Å²) in [6.45, 7) is 18.7. The summed E-state index contributed by atoms with van der Waals surface area (Å²) < 4.78 is 28.1. The molecule has 0 spiro atoms. The van der Waals surface area contributed by atoms with Crippen LogP contribution in [0.4, 0.5) is 0 Å². The molecule has 1 saturated heterocycles. The number of amides is 4. The first-order valence-electron chi connectivity index (χ1n) is 30.8. The van der Waals surface area contributed by atoms with E-state index in [9.17, 15) is 28.8 Å². The van der Waals surface area contributed by atoms with E-state index < -0.39 is 96.1 Å². The molecule has 86 heavy (non-hydrogen) atoms. The molecule has 0 radical (unpaired) electrons. The minimum atomic E-state index is -1.53. The molecule has 20 nitrogen and oxygen atoms in total. The predicted octanol–water partition coefficient (Wildman–Crippen LogP) is 7.91. The molecule has 8 atom stereocenters. The molecule has 2 saturated carbocycles. The Balaban J connectivity index is 1.23. The molecule has 2 aromatic heterocycles. The highest BCUT2D eigenvalue weighted by atomic mass is 16.6. The topological polar surface area (TPSA) is 222 Å². The van der Waals surface area contributed by atoms with Crippen LogP contribution in [0.15, 0.2) is 73.3 Å². The van der Waals surface area contributed by atoms with Crippen LogP contribution in [0.5, 0.6) is 0 Å². The summed E-state index contributed by atoms with van der Waals surface area (Å²) in [7, 11) is 5.62. The number of benzene rings is 2. The third-order valence-corrected chi connectivity index (χ3v) is 16.5. The number of carbonyl (C=O) groups is 8. The molecule has 3 heterocycles. The van der Waals surface area contributed by atoms with Gasteiger partial charge in [-0.3, -0.25) is 28.5 Å². The molecular weight excluding hydrogens is 1100 g/mol. The molecule has 3 fully saturated rings. The molecule has 7 rings (SSSR count). The lowest BCUT2D eigenvalue weighted by Gasteiger charge is -2.35. The van der Waals surface area contributed by atoms with Gasteiger partial charge in [0.1, 0.15) is 24.2 Å². The van der Waals surface area contributed by atoms with Gasteiger partial charge in [0.15, 0.2) is 24.4 Å². The largest absolute Gasteiger partial charge is 0.451 e. The van der Waals surface area contributed by atoms with E-state index in [0.29, 0.717) is 36.1 Å². The van der Waals surface area contributed by atoms with Gasteiger partial charge in [-0.15, -0.1) is 0 Å². The minimum Gasteiger partial charge on any atom is -0.451 e. The Labute approximate surface area is 507 Å². The van der Waals surface area contributed by atoms with Crippen LogP contribution in [-0.2, 0) is 83.2 Å². The molecule has 4 amide bonds. The maximum Gasteiger partial charge on any atom is 0.329 e.